The van der Waals surface area contributed by atoms with E-state index < -0.39 is 0 Å². The monoisotopic (exact) mass is 356 g/mol. The van der Waals surface area contributed by atoms with Crippen LogP contribution in [0.2, 0.25) is 0 Å². The molecule has 0 atom stereocenters. The maximum Gasteiger partial charge on any atom is 0.169 e. The van der Waals surface area contributed by atoms with Crippen LogP contribution in [0.4, 0.5) is 28.8 Å². The topological polar surface area (TPSA) is 167 Å². The number of aryl methyl sites for hydroxylation is 2. The molecule has 2 aromatic heterocycles. The molecule has 1 aliphatic heterocycles. The number of aromatic nitrogens is 3. The van der Waals surface area contributed by atoms with Crippen molar-refractivity contribution < 1.29 is 5.11 Å². The summed E-state index contributed by atoms with van der Waals surface area (Å²) >= 11 is 0. The minimum Gasteiger partial charge on any atom is -0.504 e. The van der Waals surface area contributed by atoms with Crippen molar-refractivity contribution in [1.29, 1.82) is 5.41 Å². The molecule has 136 valence electrons. The maximum absolute atomic E-state index is 9.94. The van der Waals surface area contributed by atoms with Crippen LogP contribution in [0.5, 0.6) is 5.75 Å². The number of nitrogens with zero attached hydrogens (tertiary/aromatic N) is 6. The molecule has 3 heterocycles. The Balaban J connectivity index is 2.10. The minimum atomic E-state index is -0.210. The molecule has 0 fully saturated rings. The molecule has 0 unspecified atom stereocenters. The SMILES string of the molecule is CC1=NN(C)C(=N)C1=Nc1cc(O)c(N)nc1Nc1c(C)nn(C)c1N. The van der Waals surface area contributed by atoms with Crippen LogP contribution in [-0.4, -0.2) is 49.2 Å². The van der Waals surface area contributed by atoms with E-state index in [4.69, 9.17) is 16.9 Å². The number of nitrogen functional groups attached to an aromatic ring is 2. The van der Waals surface area contributed by atoms with Gasteiger partial charge in [-0.05, 0) is 13.8 Å². The van der Waals surface area contributed by atoms with Gasteiger partial charge in [-0.3, -0.25) is 10.1 Å². The highest BCUT2D eigenvalue weighted by Gasteiger charge is 2.24. The van der Waals surface area contributed by atoms with Crippen molar-refractivity contribution >= 4 is 46.1 Å². The zero-order valence-electron chi connectivity index (χ0n) is 14.9. The fourth-order valence-electron chi connectivity index (χ4n) is 2.53. The number of hydrogen-bond acceptors (Lipinski definition) is 9. The van der Waals surface area contributed by atoms with Gasteiger partial charge in [-0.1, -0.05) is 0 Å². The largest absolute Gasteiger partial charge is 0.504 e. The Kier molecular flexibility index (Phi) is 3.98. The number of pyridine rings is 1. The lowest BCUT2D eigenvalue weighted by atomic mass is 10.2. The third-order valence-electron chi connectivity index (χ3n) is 3.94. The van der Waals surface area contributed by atoms with E-state index in [1.165, 1.54) is 15.8 Å². The lowest BCUT2D eigenvalue weighted by Crippen LogP contribution is -2.23. The van der Waals surface area contributed by atoms with E-state index in [0.717, 1.165) is 0 Å². The van der Waals surface area contributed by atoms with Gasteiger partial charge in [0.05, 0.1) is 11.4 Å². The van der Waals surface area contributed by atoms with Crippen molar-refractivity contribution in [1.82, 2.24) is 19.8 Å². The molecule has 0 saturated heterocycles. The van der Waals surface area contributed by atoms with Crippen LogP contribution in [0.25, 0.3) is 0 Å². The predicted octanol–water partition coefficient (Wildman–Crippen LogP) is 1.11. The molecule has 0 aromatic carbocycles. The van der Waals surface area contributed by atoms with Gasteiger partial charge in [-0.15, -0.1) is 0 Å². The standard InChI is InChI=1S/C15H20N10O/c1-6-10(13(17)24(3)22-6)19-8-5-9(26)12(16)21-15(8)20-11-7(2)23-25(4)14(11)18/h5,17,26H,18H2,1-4H3,(H3,16,20,21). The Bertz CT molecular complexity index is 971. The van der Waals surface area contributed by atoms with Crippen molar-refractivity contribution in [3.63, 3.8) is 0 Å². The number of anilines is 4. The lowest BCUT2D eigenvalue weighted by molar-refractivity contribution is 0.476. The van der Waals surface area contributed by atoms with Gasteiger partial charge < -0.3 is 21.9 Å². The van der Waals surface area contributed by atoms with Gasteiger partial charge in [0.2, 0.25) is 0 Å². The quantitative estimate of drug-likeness (QED) is 0.549. The third-order valence-corrected chi connectivity index (χ3v) is 3.94. The number of rotatable bonds is 3. The summed E-state index contributed by atoms with van der Waals surface area (Å²) < 4.78 is 1.53. The number of aromatic hydroxyl groups is 1. The van der Waals surface area contributed by atoms with Crippen molar-refractivity contribution in [2.45, 2.75) is 13.8 Å². The third kappa shape index (κ3) is 2.79. The highest BCUT2D eigenvalue weighted by atomic mass is 16.3. The second-order valence-electron chi connectivity index (χ2n) is 5.87. The number of aliphatic imine (C=N–C) groups is 1. The molecule has 26 heavy (non-hydrogen) atoms. The summed E-state index contributed by atoms with van der Waals surface area (Å²) in [7, 11) is 3.38. The van der Waals surface area contributed by atoms with E-state index >= 15 is 0 Å². The number of nitrogens with two attached hydrogens (primary N) is 2. The van der Waals surface area contributed by atoms with E-state index in [2.05, 4.69) is 25.5 Å². The zero-order valence-corrected chi connectivity index (χ0v) is 14.9. The molecule has 2 aromatic rings. The van der Waals surface area contributed by atoms with Crippen LogP contribution < -0.4 is 16.8 Å². The molecule has 0 spiro atoms. The van der Waals surface area contributed by atoms with Gasteiger partial charge in [0.25, 0.3) is 0 Å². The molecule has 0 amide bonds. The number of hydrazone groups is 1. The van der Waals surface area contributed by atoms with E-state index in [1.54, 1.807) is 27.9 Å². The Morgan fingerprint density at radius 2 is 1.96 bits per heavy atom. The molecular formula is C15H20N10O. The average Bonchev–Trinajstić information content (AvgIpc) is 2.95. The summed E-state index contributed by atoms with van der Waals surface area (Å²) in [5.41, 5.74) is 14.2. The molecule has 0 aliphatic carbocycles. The fourth-order valence-corrected chi connectivity index (χ4v) is 2.53. The first-order valence-corrected chi connectivity index (χ1v) is 7.71. The van der Waals surface area contributed by atoms with Gasteiger partial charge in [0, 0.05) is 20.2 Å². The number of hydrogen-bond donors (Lipinski definition) is 5. The molecule has 7 N–H and O–H groups in total. The van der Waals surface area contributed by atoms with Gasteiger partial charge in [0.1, 0.15) is 22.9 Å². The smallest absolute Gasteiger partial charge is 0.169 e. The van der Waals surface area contributed by atoms with E-state index in [1.807, 2.05) is 0 Å². The highest BCUT2D eigenvalue weighted by Crippen LogP contribution is 2.35. The molecule has 0 radical (unpaired) electrons. The van der Waals surface area contributed by atoms with Crippen LogP contribution in [0.1, 0.15) is 12.6 Å². The molecular weight excluding hydrogens is 336 g/mol. The van der Waals surface area contributed by atoms with Crippen molar-refractivity contribution in [2.75, 3.05) is 23.8 Å². The van der Waals surface area contributed by atoms with E-state index in [-0.39, 0.29) is 23.2 Å². The van der Waals surface area contributed by atoms with Gasteiger partial charge in [-0.25, -0.2) is 15.0 Å². The van der Waals surface area contributed by atoms with E-state index in [0.29, 0.717) is 34.3 Å². The fraction of sp³-hybridized carbons (Fsp3) is 0.267. The maximum atomic E-state index is 9.94. The minimum absolute atomic E-state index is 0.0550. The summed E-state index contributed by atoms with van der Waals surface area (Å²) in [6.07, 6.45) is 0. The Hall–Kier alpha value is -3.63. The first-order chi connectivity index (χ1) is 12.2. The summed E-state index contributed by atoms with van der Waals surface area (Å²) in [4.78, 5) is 8.61. The molecule has 1 aliphatic rings. The summed E-state index contributed by atoms with van der Waals surface area (Å²) in [6, 6.07) is 1.37. The number of nitrogens with one attached hydrogen (secondary N) is 2. The van der Waals surface area contributed by atoms with Crippen LogP contribution in [0, 0.1) is 12.3 Å². The van der Waals surface area contributed by atoms with Crippen molar-refractivity contribution in [2.24, 2.45) is 17.1 Å². The van der Waals surface area contributed by atoms with Crippen molar-refractivity contribution in [3.05, 3.63) is 11.8 Å². The Morgan fingerprint density at radius 3 is 2.50 bits per heavy atom. The molecule has 0 saturated carbocycles. The van der Waals surface area contributed by atoms with E-state index in [9.17, 15) is 5.11 Å². The Labute approximate surface area is 149 Å². The zero-order chi connectivity index (χ0) is 19.2. The molecule has 11 heteroatoms. The molecule has 11 nitrogen and oxygen atoms in total. The molecule has 3 rings (SSSR count). The van der Waals surface area contributed by atoms with Crippen LogP contribution in [0.15, 0.2) is 16.2 Å². The summed E-state index contributed by atoms with van der Waals surface area (Å²) in [5, 5.41) is 30.9. The number of amidine groups is 1. The van der Waals surface area contributed by atoms with Crippen LogP contribution >= 0.6 is 0 Å². The van der Waals surface area contributed by atoms with Gasteiger partial charge in [-0.2, -0.15) is 10.2 Å². The second-order valence-corrected chi connectivity index (χ2v) is 5.87. The first-order valence-electron chi connectivity index (χ1n) is 7.71. The van der Waals surface area contributed by atoms with Gasteiger partial charge in [0.15, 0.2) is 23.2 Å². The predicted molar refractivity (Wildman–Crippen MR) is 102 cm³/mol. The average molecular weight is 356 g/mol. The second kappa shape index (κ2) is 6.02. The first kappa shape index (κ1) is 17.2. The Morgan fingerprint density at radius 1 is 1.27 bits per heavy atom. The van der Waals surface area contributed by atoms with Crippen LogP contribution in [0.3, 0.4) is 0 Å². The van der Waals surface area contributed by atoms with Gasteiger partial charge >= 0.3 is 0 Å². The lowest BCUT2D eigenvalue weighted by Gasteiger charge is -2.11. The summed E-state index contributed by atoms with van der Waals surface area (Å²) in [5.74, 6) is 0.576. The highest BCUT2D eigenvalue weighted by molar-refractivity contribution is 6.69. The normalized spacial score (nSPS) is 15.7. The molecule has 0 bridgehead atoms. The van der Waals surface area contributed by atoms with Crippen LogP contribution in [-0.2, 0) is 7.05 Å². The summed E-state index contributed by atoms with van der Waals surface area (Å²) in [6.45, 7) is 3.55. The van der Waals surface area contributed by atoms with Crippen molar-refractivity contribution in [3.8, 4) is 5.75 Å².